The van der Waals surface area contributed by atoms with Crippen LogP contribution in [0.4, 0.5) is 52.7 Å². The Morgan fingerprint density at radius 2 is 0.830 bits per heavy atom. The highest BCUT2D eigenvalue weighted by Crippen LogP contribution is 2.41. The Morgan fingerprint density at radius 1 is 0.509 bits per heavy atom. The molecule has 0 fully saturated rings. The summed E-state index contributed by atoms with van der Waals surface area (Å²) in [5, 5.41) is 0. The molecular formula is C34H42F12O3S4. The molecule has 0 heterocycles. The van der Waals surface area contributed by atoms with Gasteiger partial charge in [-0.15, -0.1) is 0 Å². The Balaban J connectivity index is 2.49. The summed E-state index contributed by atoms with van der Waals surface area (Å²) < 4.78 is 187. The molecule has 53 heavy (non-hydrogen) atoms. The van der Waals surface area contributed by atoms with Gasteiger partial charge in [-0.05, 0) is 111 Å². The number of unbranched alkanes of at least 4 members (excludes halogenated alkanes) is 6. The van der Waals surface area contributed by atoms with E-state index in [-0.39, 0.29) is 82.0 Å². The van der Waals surface area contributed by atoms with Gasteiger partial charge in [-0.1, -0.05) is 49.2 Å². The smallest absolute Gasteiger partial charge is 0.441 e. The number of benzene rings is 2. The van der Waals surface area contributed by atoms with Crippen LogP contribution in [-0.4, -0.2) is 55.5 Å². The van der Waals surface area contributed by atoms with Crippen molar-refractivity contribution >= 4 is 45.9 Å². The van der Waals surface area contributed by atoms with Crippen LogP contribution >= 0.6 is 23.5 Å². The second-order valence-electron chi connectivity index (χ2n) is 12.4. The zero-order valence-corrected chi connectivity index (χ0v) is 32.7. The number of thioether (sulfide) groups is 2. The first-order valence-corrected chi connectivity index (χ1v) is 21.2. The molecule has 0 aliphatic heterocycles. The molecule has 0 radical (unpaired) electrons. The average Bonchev–Trinajstić information content (AvgIpc) is 2.98. The van der Waals surface area contributed by atoms with E-state index in [1.807, 2.05) is 0 Å². The molecule has 0 aliphatic carbocycles. The fourth-order valence-corrected chi connectivity index (χ4v) is 9.20. The van der Waals surface area contributed by atoms with Crippen LogP contribution in [0.3, 0.4) is 0 Å². The topological polar surface area (TPSA) is 55.3 Å². The molecule has 0 saturated carbocycles. The van der Waals surface area contributed by atoms with E-state index in [2.05, 4.69) is 0 Å². The molecule has 0 saturated heterocycles. The van der Waals surface area contributed by atoms with Crippen molar-refractivity contribution in [2.75, 3.05) is 23.0 Å². The number of hydrogen-bond donors (Lipinski definition) is 0. The van der Waals surface area contributed by atoms with Crippen LogP contribution in [0.1, 0.15) is 84.7 Å². The highest BCUT2D eigenvalue weighted by atomic mass is 32.2. The Morgan fingerprint density at radius 3 is 1.13 bits per heavy atom. The molecule has 0 N–H and O–H groups in total. The lowest BCUT2D eigenvalue weighted by Gasteiger charge is -2.23. The number of hydrogen-bond acceptors (Lipinski definition) is 5. The second kappa shape index (κ2) is 20.8. The molecule has 19 heteroatoms. The van der Waals surface area contributed by atoms with Crippen molar-refractivity contribution < 1.29 is 66.5 Å². The van der Waals surface area contributed by atoms with Crippen molar-refractivity contribution in [3.05, 3.63) is 45.5 Å². The summed E-state index contributed by atoms with van der Waals surface area (Å²) >= 11 is -5.41. The van der Waals surface area contributed by atoms with Crippen LogP contribution in [0, 0.1) is 27.7 Å². The SMILES string of the molecule is Cc1c(Oc2cc([S+]([O-])CC(F)(F)F)c(C)c(CCCCCCSC(F)(F)F)c2C)cc([S+]([O-])CC(F)(F)F)c(C)c1CCCCCCSC(F)(F)F. The number of ether oxygens (including phenoxy) is 1. The first-order valence-electron chi connectivity index (χ1n) is 16.5. The molecule has 2 rings (SSSR count). The molecule has 0 bridgehead atoms. The van der Waals surface area contributed by atoms with E-state index in [4.69, 9.17) is 4.74 Å². The van der Waals surface area contributed by atoms with Gasteiger partial charge in [0.1, 0.15) is 11.5 Å². The van der Waals surface area contributed by atoms with Gasteiger partial charge in [0.25, 0.3) is 0 Å². The largest absolute Gasteiger partial charge is 0.611 e. The van der Waals surface area contributed by atoms with Crippen molar-refractivity contribution in [3.8, 4) is 11.5 Å². The quantitative estimate of drug-likeness (QED) is 0.0754. The van der Waals surface area contributed by atoms with Gasteiger partial charge in [-0.25, -0.2) is 0 Å². The minimum atomic E-state index is -4.78. The minimum absolute atomic E-state index is 0.0228. The van der Waals surface area contributed by atoms with Gasteiger partial charge in [0.2, 0.25) is 11.5 Å². The van der Waals surface area contributed by atoms with Crippen LogP contribution in [0.2, 0.25) is 0 Å². The summed E-state index contributed by atoms with van der Waals surface area (Å²) in [6.07, 6.45) is -5.67. The summed E-state index contributed by atoms with van der Waals surface area (Å²) in [5.74, 6) is -3.61. The van der Waals surface area contributed by atoms with Crippen molar-refractivity contribution in [2.24, 2.45) is 0 Å². The Labute approximate surface area is 316 Å². The van der Waals surface area contributed by atoms with Crippen LogP contribution in [0.5, 0.6) is 11.5 Å². The average molecular weight is 855 g/mol. The summed E-state index contributed by atoms with van der Waals surface area (Å²) in [5.41, 5.74) is -6.16. The maximum Gasteiger partial charge on any atom is 0.441 e. The minimum Gasteiger partial charge on any atom is -0.611 e. The summed E-state index contributed by atoms with van der Waals surface area (Å²) in [7, 11) is 0. The van der Waals surface area contributed by atoms with Gasteiger partial charge in [0, 0.05) is 34.8 Å². The molecule has 3 nitrogen and oxygen atoms in total. The third kappa shape index (κ3) is 17.6. The lowest BCUT2D eigenvalue weighted by atomic mass is 9.95. The van der Waals surface area contributed by atoms with E-state index in [1.54, 1.807) is 13.8 Å². The highest BCUT2D eigenvalue weighted by Gasteiger charge is 2.38. The fourth-order valence-electron chi connectivity index (χ4n) is 5.73. The first-order chi connectivity index (χ1) is 24.3. The van der Waals surface area contributed by atoms with Crippen molar-refractivity contribution in [1.82, 2.24) is 0 Å². The molecule has 0 spiro atoms. The Kier molecular flexibility index (Phi) is 18.7. The molecule has 2 unspecified atom stereocenters. The maximum absolute atomic E-state index is 13.3. The van der Waals surface area contributed by atoms with E-state index in [9.17, 15) is 61.8 Å². The van der Waals surface area contributed by atoms with E-state index in [0.29, 0.717) is 71.9 Å². The predicted octanol–water partition coefficient (Wildman–Crippen LogP) is 12.8. The van der Waals surface area contributed by atoms with Gasteiger partial charge >= 0.3 is 23.4 Å². The highest BCUT2D eigenvalue weighted by molar-refractivity contribution is 8.00. The molecule has 2 aromatic rings. The molecule has 0 aliphatic rings. The second-order valence-corrected chi connectivity index (χ2v) is 17.6. The number of alkyl halides is 12. The van der Waals surface area contributed by atoms with Crippen molar-refractivity contribution in [2.45, 2.75) is 125 Å². The molecular weight excluding hydrogens is 813 g/mol. The van der Waals surface area contributed by atoms with Crippen LogP contribution in [-0.2, 0) is 35.2 Å². The Hall–Kier alpha value is -1.28. The molecule has 0 amide bonds. The standard InChI is InChI=1S/C34H42F12O3S4/c1-21-25(13-9-5-7-11-15-50-33(41,42)43)23(3)29(52(47)19-31(35,36)37)17-27(21)49-28-18-30(53(48)20-32(38,39)40)24(4)26(22(28)2)14-10-6-8-12-16-51-34(44,45)46/h17-18H,5-16,19-20H2,1-4H3. The zero-order chi connectivity index (χ0) is 40.4. The van der Waals surface area contributed by atoms with E-state index in [0.717, 1.165) is 0 Å². The lowest BCUT2D eigenvalue weighted by molar-refractivity contribution is -0.107. The van der Waals surface area contributed by atoms with Gasteiger partial charge in [-0.3, -0.25) is 0 Å². The maximum atomic E-state index is 13.3. The lowest BCUT2D eigenvalue weighted by Crippen LogP contribution is -2.24. The normalized spacial score (nSPS) is 14.2. The summed E-state index contributed by atoms with van der Waals surface area (Å²) in [6, 6.07) is 2.38. The van der Waals surface area contributed by atoms with E-state index >= 15 is 0 Å². The summed E-state index contributed by atoms with van der Waals surface area (Å²) in [6.45, 7) is 6.23. The van der Waals surface area contributed by atoms with Gasteiger partial charge < -0.3 is 13.8 Å². The monoisotopic (exact) mass is 854 g/mol. The predicted molar refractivity (Wildman–Crippen MR) is 188 cm³/mol. The van der Waals surface area contributed by atoms with Crippen LogP contribution in [0.15, 0.2) is 21.9 Å². The van der Waals surface area contributed by atoms with Gasteiger partial charge in [0.15, 0.2) is 9.79 Å². The summed E-state index contributed by atoms with van der Waals surface area (Å²) in [4.78, 5) is -0.344. The van der Waals surface area contributed by atoms with Crippen LogP contribution < -0.4 is 4.74 Å². The van der Waals surface area contributed by atoms with Crippen molar-refractivity contribution in [3.63, 3.8) is 0 Å². The third-order valence-electron chi connectivity index (χ3n) is 8.29. The molecule has 2 atom stereocenters. The Bertz CT molecular complexity index is 1350. The number of rotatable bonds is 20. The van der Waals surface area contributed by atoms with Gasteiger partial charge in [-0.2, -0.15) is 52.7 Å². The molecule has 0 aromatic heterocycles. The molecule has 304 valence electrons. The van der Waals surface area contributed by atoms with E-state index < -0.39 is 57.2 Å². The molecule has 2 aromatic carbocycles. The zero-order valence-electron chi connectivity index (χ0n) is 29.4. The third-order valence-corrected chi connectivity index (χ3v) is 12.9. The number of halogens is 12. The van der Waals surface area contributed by atoms with Crippen LogP contribution in [0.25, 0.3) is 0 Å². The van der Waals surface area contributed by atoms with E-state index in [1.165, 1.54) is 26.0 Å². The fraction of sp³-hybridized carbons (Fsp3) is 0.647. The van der Waals surface area contributed by atoms with Crippen molar-refractivity contribution in [1.29, 1.82) is 0 Å². The first kappa shape index (κ1) is 47.9. The van der Waals surface area contributed by atoms with Gasteiger partial charge in [0.05, 0.1) is 0 Å².